The second kappa shape index (κ2) is 11.1. The number of aliphatic carboxylic acids is 1. The molecule has 0 aromatic heterocycles. The molecule has 0 aliphatic heterocycles. The molecule has 0 fully saturated rings. The Morgan fingerprint density at radius 1 is 0.867 bits per heavy atom. The Kier molecular flexibility index (Phi) is 9.25. The molecular formula is C20H30N4O6. The molecule has 30 heavy (non-hydrogen) atoms. The molecule has 0 saturated carbocycles. The van der Waals surface area contributed by atoms with Crippen LogP contribution < -0.4 is 21.7 Å². The van der Waals surface area contributed by atoms with Crippen molar-refractivity contribution in [3.63, 3.8) is 0 Å². The topological polar surface area (TPSA) is 171 Å². The molecule has 0 aliphatic carbocycles. The normalized spacial score (nSPS) is 14.9. The number of carboxylic acid groups (broad SMARTS) is 1. The van der Waals surface area contributed by atoms with E-state index in [1.807, 2.05) is 0 Å². The van der Waals surface area contributed by atoms with Crippen molar-refractivity contribution >= 4 is 23.7 Å². The second-order valence-corrected chi connectivity index (χ2v) is 7.51. The van der Waals surface area contributed by atoms with Crippen molar-refractivity contribution in [3.8, 4) is 5.75 Å². The van der Waals surface area contributed by atoms with Gasteiger partial charge in [0, 0.05) is 0 Å². The lowest BCUT2D eigenvalue weighted by Gasteiger charge is -2.23. The van der Waals surface area contributed by atoms with Crippen LogP contribution in [0.1, 0.15) is 33.3 Å². The number of carbonyl (C=O) groups excluding carboxylic acids is 3. The molecular weight excluding hydrogens is 392 g/mol. The minimum atomic E-state index is -1.17. The fourth-order valence-corrected chi connectivity index (χ4v) is 2.56. The van der Waals surface area contributed by atoms with Crippen molar-refractivity contribution in [2.24, 2.45) is 11.7 Å². The molecule has 0 saturated heterocycles. The summed E-state index contributed by atoms with van der Waals surface area (Å²) in [5.74, 6) is -3.20. The summed E-state index contributed by atoms with van der Waals surface area (Å²) >= 11 is 0. The Balaban J connectivity index is 2.56. The van der Waals surface area contributed by atoms with Crippen LogP contribution >= 0.6 is 0 Å². The van der Waals surface area contributed by atoms with Crippen molar-refractivity contribution in [1.29, 1.82) is 0 Å². The Morgan fingerprint density at radius 3 is 1.80 bits per heavy atom. The van der Waals surface area contributed by atoms with Gasteiger partial charge in [0.05, 0.1) is 6.04 Å². The van der Waals surface area contributed by atoms with Crippen LogP contribution in [0.15, 0.2) is 24.3 Å². The number of aromatic hydroxyl groups is 1. The third-order valence-corrected chi connectivity index (χ3v) is 4.46. The van der Waals surface area contributed by atoms with Gasteiger partial charge < -0.3 is 31.9 Å². The number of nitrogens with one attached hydrogen (secondary N) is 3. The average molecular weight is 422 g/mol. The molecule has 166 valence electrons. The lowest BCUT2D eigenvalue weighted by molar-refractivity contribution is -0.143. The smallest absolute Gasteiger partial charge is 0.326 e. The minimum Gasteiger partial charge on any atom is -0.508 e. The molecule has 4 unspecified atom stereocenters. The van der Waals surface area contributed by atoms with E-state index in [9.17, 15) is 24.3 Å². The van der Waals surface area contributed by atoms with Crippen LogP contribution in [0.4, 0.5) is 0 Å². The van der Waals surface area contributed by atoms with Crippen molar-refractivity contribution in [2.45, 2.75) is 58.3 Å². The van der Waals surface area contributed by atoms with Crippen LogP contribution in [-0.4, -0.2) is 58.1 Å². The number of amides is 3. The molecule has 0 radical (unpaired) electrons. The van der Waals surface area contributed by atoms with E-state index in [0.717, 1.165) is 5.56 Å². The molecule has 0 aliphatic rings. The van der Waals surface area contributed by atoms with E-state index >= 15 is 0 Å². The molecule has 4 atom stereocenters. The highest BCUT2D eigenvalue weighted by Crippen LogP contribution is 2.11. The number of hydrogen-bond donors (Lipinski definition) is 6. The molecule has 10 nitrogen and oxygen atoms in total. The third-order valence-electron chi connectivity index (χ3n) is 4.46. The molecule has 1 aromatic carbocycles. The highest BCUT2D eigenvalue weighted by atomic mass is 16.4. The number of phenolic OH excluding ortho intramolecular Hbond substituents is 1. The monoisotopic (exact) mass is 422 g/mol. The molecule has 10 heteroatoms. The number of carbonyl (C=O) groups is 4. The van der Waals surface area contributed by atoms with Crippen molar-refractivity contribution in [2.75, 3.05) is 0 Å². The maximum Gasteiger partial charge on any atom is 0.326 e. The van der Waals surface area contributed by atoms with Gasteiger partial charge in [0.1, 0.15) is 23.9 Å². The molecule has 7 N–H and O–H groups in total. The van der Waals surface area contributed by atoms with E-state index in [2.05, 4.69) is 16.0 Å². The summed E-state index contributed by atoms with van der Waals surface area (Å²) < 4.78 is 0. The number of rotatable bonds is 10. The Labute approximate surface area is 175 Å². The SMILES string of the molecule is CC(NC(=O)C(N)Cc1ccc(O)cc1)C(=O)NC(C)C(=O)NC(C(=O)O)C(C)C. The number of carboxylic acids is 1. The van der Waals surface area contributed by atoms with Gasteiger partial charge in [-0.15, -0.1) is 0 Å². The van der Waals surface area contributed by atoms with Gasteiger partial charge in [-0.3, -0.25) is 14.4 Å². The summed E-state index contributed by atoms with van der Waals surface area (Å²) in [6, 6.07) is 2.30. The summed E-state index contributed by atoms with van der Waals surface area (Å²) in [4.78, 5) is 47.9. The molecule has 1 aromatic rings. The van der Waals surface area contributed by atoms with Crippen LogP contribution in [0.2, 0.25) is 0 Å². The first-order chi connectivity index (χ1) is 13.9. The maximum absolute atomic E-state index is 12.3. The highest BCUT2D eigenvalue weighted by molar-refractivity contribution is 5.93. The first kappa shape index (κ1) is 24.9. The summed E-state index contributed by atoms with van der Waals surface area (Å²) in [6.07, 6.45) is 0.213. The van der Waals surface area contributed by atoms with Crippen molar-refractivity contribution in [3.05, 3.63) is 29.8 Å². The predicted molar refractivity (Wildman–Crippen MR) is 109 cm³/mol. The third kappa shape index (κ3) is 7.70. The molecule has 0 bridgehead atoms. The summed E-state index contributed by atoms with van der Waals surface area (Å²) in [5, 5.41) is 25.7. The van der Waals surface area contributed by atoms with Gasteiger partial charge >= 0.3 is 5.97 Å². The van der Waals surface area contributed by atoms with Gasteiger partial charge in [0.25, 0.3) is 0 Å². The van der Waals surface area contributed by atoms with Crippen LogP contribution in [0, 0.1) is 5.92 Å². The van der Waals surface area contributed by atoms with Gasteiger partial charge in [-0.25, -0.2) is 4.79 Å². The van der Waals surface area contributed by atoms with E-state index in [-0.39, 0.29) is 18.1 Å². The Hall–Kier alpha value is -3.14. The van der Waals surface area contributed by atoms with Gasteiger partial charge in [-0.1, -0.05) is 26.0 Å². The van der Waals surface area contributed by atoms with E-state index in [0.29, 0.717) is 0 Å². The van der Waals surface area contributed by atoms with Crippen molar-refractivity contribution in [1.82, 2.24) is 16.0 Å². The zero-order valence-electron chi connectivity index (χ0n) is 17.5. The summed E-state index contributed by atoms with van der Waals surface area (Å²) in [7, 11) is 0. The standard InChI is InChI=1S/C20H30N4O6/c1-10(2)16(20(29)30)24-18(27)12(4)22-17(26)11(3)23-19(28)15(21)9-13-5-7-14(25)8-6-13/h5-8,10-12,15-16,25H,9,21H2,1-4H3,(H,22,26)(H,23,28)(H,24,27)(H,29,30). The van der Waals surface area contributed by atoms with Gasteiger partial charge in [0.2, 0.25) is 17.7 Å². The number of hydrogen-bond acceptors (Lipinski definition) is 6. The predicted octanol–water partition coefficient (Wildman–Crippen LogP) is -0.503. The number of phenols is 1. The molecule has 0 spiro atoms. The fourth-order valence-electron chi connectivity index (χ4n) is 2.56. The van der Waals surface area contributed by atoms with E-state index in [1.165, 1.54) is 26.0 Å². The average Bonchev–Trinajstić information content (AvgIpc) is 2.66. The summed E-state index contributed by atoms with van der Waals surface area (Å²) in [5.41, 5.74) is 6.62. The quantitative estimate of drug-likeness (QED) is 0.295. The van der Waals surface area contributed by atoms with Gasteiger partial charge in [-0.2, -0.15) is 0 Å². The number of nitrogens with two attached hydrogens (primary N) is 1. The first-order valence-corrected chi connectivity index (χ1v) is 9.59. The fraction of sp³-hybridized carbons (Fsp3) is 0.500. The maximum atomic E-state index is 12.3. The summed E-state index contributed by atoms with van der Waals surface area (Å²) in [6.45, 7) is 6.17. The van der Waals surface area contributed by atoms with Gasteiger partial charge in [0.15, 0.2) is 0 Å². The lowest BCUT2D eigenvalue weighted by atomic mass is 10.0. The van der Waals surface area contributed by atoms with E-state index in [4.69, 9.17) is 10.8 Å². The molecule has 0 heterocycles. The van der Waals surface area contributed by atoms with Gasteiger partial charge in [-0.05, 0) is 43.9 Å². The first-order valence-electron chi connectivity index (χ1n) is 9.59. The van der Waals surface area contributed by atoms with Crippen LogP contribution in [0.5, 0.6) is 5.75 Å². The Morgan fingerprint density at radius 2 is 1.33 bits per heavy atom. The zero-order chi connectivity index (χ0) is 23.0. The second-order valence-electron chi connectivity index (χ2n) is 7.51. The molecule has 1 rings (SSSR count). The lowest BCUT2D eigenvalue weighted by Crippen LogP contribution is -2.56. The minimum absolute atomic E-state index is 0.100. The van der Waals surface area contributed by atoms with Crippen LogP contribution in [0.3, 0.4) is 0 Å². The Bertz CT molecular complexity index is 765. The molecule has 3 amide bonds. The van der Waals surface area contributed by atoms with E-state index in [1.54, 1.807) is 26.0 Å². The zero-order valence-corrected chi connectivity index (χ0v) is 17.5. The highest BCUT2D eigenvalue weighted by Gasteiger charge is 2.28. The largest absolute Gasteiger partial charge is 0.508 e. The van der Waals surface area contributed by atoms with E-state index < -0.39 is 47.9 Å². The van der Waals surface area contributed by atoms with Crippen LogP contribution in [-0.2, 0) is 25.6 Å². The van der Waals surface area contributed by atoms with Crippen molar-refractivity contribution < 1.29 is 29.4 Å². The van der Waals surface area contributed by atoms with Crippen LogP contribution in [0.25, 0.3) is 0 Å². The number of benzene rings is 1.